The highest BCUT2D eigenvalue weighted by Gasteiger charge is 2.09. The molecule has 60 valence electrons. The maximum absolute atomic E-state index is 10.4. The molecular weight excluding hydrogens is 164 g/mol. The molecule has 0 spiro atoms. The zero-order valence-electron chi connectivity index (χ0n) is 5.78. The quantitative estimate of drug-likeness (QED) is 0.575. The third kappa shape index (κ3) is 2.58. The molecule has 4 N–H and O–H groups in total. The van der Waals surface area contributed by atoms with Crippen molar-refractivity contribution < 1.29 is 4.79 Å². The molecule has 11 heavy (non-hydrogen) atoms. The average Bonchev–Trinajstić information content (AvgIpc) is 1.93. The molecule has 1 heterocycles. The minimum Gasteiger partial charge on any atom is -0.377 e. The van der Waals surface area contributed by atoms with Crippen LogP contribution in [0.15, 0.2) is 10.2 Å². The molecule has 0 radical (unpaired) electrons. The van der Waals surface area contributed by atoms with Gasteiger partial charge in [0.1, 0.15) is 0 Å². The van der Waals surface area contributed by atoms with Crippen LogP contribution < -0.4 is 11.5 Å². The Morgan fingerprint density at radius 1 is 1.64 bits per heavy atom. The molecular formula is C5H8N4OS. The first kappa shape index (κ1) is 8.06. The van der Waals surface area contributed by atoms with E-state index in [0.717, 1.165) is 0 Å². The number of carbonyl (C=O) groups is 1. The fraction of sp³-hybridized carbons (Fsp3) is 0.400. The summed E-state index contributed by atoms with van der Waals surface area (Å²) in [4.78, 5) is 10.4. The van der Waals surface area contributed by atoms with Crippen molar-refractivity contribution in [1.82, 2.24) is 0 Å². The number of carbonyl (C=O) groups excluding carboxylic acids is 1. The number of hydrogen-bond acceptors (Lipinski definition) is 5. The Labute approximate surface area is 67.9 Å². The lowest BCUT2D eigenvalue weighted by Gasteiger charge is -2.05. The average molecular weight is 172 g/mol. The van der Waals surface area contributed by atoms with Gasteiger partial charge in [-0.1, -0.05) is 11.8 Å². The first-order valence-electron chi connectivity index (χ1n) is 2.98. The Balaban J connectivity index is 2.54. The first-order valence-corrected chi connectivity index (χ1v) is 3.97. The van der Waals surface area contributed by atoms with Gasteiger partial charge in [-0.25, -0.2) is 0 Å². The van der Waals surface area contributed by atoms with Gasteiger partial charge >= 0.3 is 0 Å². The van der Waals surface area contributed by atoms with Crippen LogP contribution in [0.5, 0.6) is 0 Å². The van der Waals surface area contributed by atoms with Crippen molar-refractivity contribution in [3.8, 4) is 0 Å². The Kier molecular flexibility index (Phi) is 2.48. The van der Waals surface area contributed by atoms with Crippen LogP contribution in [0.4, 0.5) is 0 Å². The second-order valence-corrected chi connectivity index (χ2v) is 3.03. The van der Waals surface area contributed by atoms with Crippen LogP contribution in [-0.2, 0) is 4.79 Å². The SMILES string of the molecule is NC(=O)CC1=NN=C(N)SC1. The second-order valence-electron chi connectivity index (χ2n) is 2.04. The monoisotopic (exact) mass is 172 g/mol. The first-order chi connectivity index (χ1) is 5.18. The predicted octanol–water partition coefficient (Wildman–Crippen LogP) is -0.721. The van der Waals surface area contributed by atoms with Gasteiger partial charge in [-0.05, 0) is 0 Å². The zero-order valence-corrected chi connectivity index (χ0v) is 6.60. The number of rotatable bonds is 2. The van der Waals surface area contributed by atoms with E-state index in [4.69, 9.17) is 11.5 Å². The van der Waals surface area contributed by atoms with Crippen molar-refractivity contribution in [3.63, 3.8) is 0 Å². The van der Waals surface area contributed by atoms with Gasteiger partial charge in [-0.3, -0.25) is 4.79 Å². The topological polar surface area (TPSA) is 93.8 Å². The van der Waals surface area contributed by atoms with E-state index in [1.54, 1.807) is 0 Å². The molecule has 0 aromatic heterocycles. The van der Waals surface area contributed by atoms with Crippen LogP contribution in [0.2, 0.25) is 0 Å². The fourth-order valence-corrected chi connectivity index (χ4v) is 1.20. The van der Waals surface area contributed by atoms with Gasteiger partial charge in [-0.2, -0.15) is 5.10 Å². The van der Waals surface area contributed by atoms with Crippen LogP contribution in [0.3, 0.4) is 0 Å². The van der Waals surface area contributed by atoms with Crippen LogP contribution in [-0.4, -0.2) is 22.5 Å². The van der Waals surface area contributed by atoms with Crippen LogP contribution in [0.1, 0.15) is 6.42 Å². The van der Waals surface area contributed by atoms with Crippen LogP contribution in [0, 0.1) is 0 Å². The van der Waals surface area contributed by atoms with Crippen molar-refractivity contribution in [3.05, 3.63) is 0 Å². The Morgan fingerprint density at radius 3 is 2.82 bits per heavy atom. The van der Waals surface area contributed by atoms with Gasteiger partial charge in [0.25, 0.3) is 0 Å². The highest BCUT2D eigenvalue weighted by atomic mass is 32.2. The number of nitrogens with two attached hydrogens (primary N) is 2. The maximum Gasteiger partial charge on any atom is 0.223 e. The van der Waals surface area contributed by atoms with Crippen LogP contribution >= 0.6 is 11.8 Å². The normalized spacial score (nSPS) is 17.1. The summed E-state index contributed by atoms with van der Waals surface area (Å²) in [6.45, 7) is 0. The number of amides is 1. The number of amidine groups is 1. The lowest BCUT2D eigenvalue weighted by Crippen LogP contribution is -2.21. The lowest BCUT2D eigenvalue weighted by molar-refractivity contribution is -0.116. The molecule has 1 aliphatic heterocycles. The standard InChI is InChI=1S/C5H8N4OS/c6-4(10)1-3-2-11-5(7)9-8-3/h1-2H2,(H2,6,10)(H2,7,9). The summed E-state index contributed by atoms with van der Waals surface area (Å²) in [5, 5.41) is 7.74. The van der Waals surface area contributed by atoms with Crippen molar-refractivity contribution in [2.75, 3.05) is 5.75 Å². The summed E-state index contributed by atoms with van der Waals surface area (Å²) in [5.41, 5.74) is 10.9. The second kappa shape index (κ2) is 3.38. The molecule has 6 heteroatoms. The van der Waals surface area contributed by atoms with Crippen molar-refractivity contribution >= 4 is 28.5 Å². The van der Waals surface area contributed by atoms with Gasteiger partial charge in [0.15, 0.2) is 5.17 Å². The summed E-state index contributed by atoms with van der Waals surface area (Å²) in [5.74, 6) is 0.221. The van der Waals surface area contributed by atoms with Gasteiger partial charge in [-0.15, -0.1) is 5.10 Å². The minimum absolute atomic E-state index is 0.170. The molecule has 1 rings (SSSR count). The molecule has 0 saturated heterocycles. The number of nitrogens with zero attached hydrogens (tertiary/aromatic N) is 2. The molecule has 1 amide bonds. The largest absolute Gasteiger partial charge is 0.377 e. The molecule has 0 aromatic carbocycles. The summed E-state index contributed by atoms with van der Waals surface area (Å²) in [6, 6.07) is 0. The maximum atomic E-state index is 10.4. The van der Waals surface area contributed by atoms with E-state index >= 15 is 0 Å². The molecule has 0 saturated carbocycles. The summed E-state index contributed by atoms with van der Waals surface area (Å²) in [7, 11) is 0. The highest BCUT2D eigenvalue weighted by molar-refractivity contribution is 8.14. The van der Waals surface area contributed by atoms with E-state index in [0.29, 0.717) is 16.6 Å². The van der Waals surface area contributed by atoms with Gasteiger partial charge in [0, 0.05) is 5.75 Å². The number of hydrogen-bond donors (Lipinski definition) is 2. The fourth-order valence-electron chi connectivity index (χ4n) is 0.622. The minimum atomic E-state index is -0.389. The highest BCUT2D eigenvalue weighted by Crippen LogP contribution is 2.08. The van der Waals surface area contributed by atoms with Crippen molar-refractivity contribution in [2.45, 2.75) is 6.42 Å². The Hall–Kier alpha value is -1.04. The molecule has 0 unspecified atom stereocenters. The molecule has 0 fully saturated rings. The summed E-state index contributed by atoms with van der Waals surface area (Å²) < 4.78 is 0. The van der Waals surface area contributed by atoms with Gasteiger partial charge in [0.2, 0.25) is 5.91 Å². The van der Waals surface area contributed by atoms with E-state index in [-0.39, 0.29) is 12.3 Å². The molecule has 5 nitrogen and oxygen atoms in total. The summed E-state index contributed by atoms with van der Waals surface area (Å²) >= 11 is 1.36. The number of primary amides is 1. The smallest absolute Gasteiger partial charge is 0.223 e. The molecule has 1 aliphatic rings. The zero-order chi connectivity index (χ0) is 8.27. The van der Waals surface area contributed by atoms with E-state index < -0.39 is 0 Å². The summed E-state index contributed by atoms with van der Waals surface area (Å²) in [6.07, 6.45) is 0.170. The lowest BCUT2D eigenvalue weighted by atomic mass is 10.3. The van der Waals surface area contributed by atoms with E-state index in [9.17, 15) is 4.79 Å². The molecule has 0 bridgehead atoms. The Bertz CT molecular complexity index is 235. The predicted molar refractivity (Wildman–Crippen MR) is 45.3 cm³/mol. The van der Waals surface area contributed by atoms with Crippen LogP contribution in [0.25, 0.3) is 0 Å². The van der Waals surface area contributed by atoms with Gasteiger partial charge < -0.3 is 11.5 Å². The van der Waals surface area contributed by atoms with Crippen molar-refractivity contribution in [2.24, 2.45) is 21.7 Å². The molecule has 0 atom stereocenters. The molecule has 0 aliphatic carbocycles. The molecule has 0 aromatic rings. The van der Waals surface area contributed by atoms with E-state index in [1.165, 1.54) is 11.8 Å². The third-order valence-corrected chi connectivity index (χ3v) is 1.91. The third-order valence-electron chi connectivity index (χ3n) is 1.05. The van der Waals surface area contributed by atoms with E-state index in [2.05, 4.69) is 10.2 Å². The Morgan fingerprint density at radius 2 is 2.36 bits per heavy atom. The van der Waals surface area contributed by atoms with E-state index in [1.807, 2.05) is 0 Å². The van der Waals surface area contributed by atoms with Crippen molar-refractivity contribution in [1.29, 1.82) is 0 Å². The number of thioether (sulfide) groups is 1. The van der Waals surface area contributed by atoms with Gasteiger partial charge in [0.05, 0.1) is 12.1 Å².